The van der Waals surface area contributed by atoms with Gasteiger partial charge in [0, 0.05) is 43.6 Å². The summed E-state index contributed by atoms with van der Waals surface area (Å²) in [4.78, 5) is 30.1. The lowest BCUT2D eigenvalue weighted by Crippen LogP contribution is -2.55. The number of aliphatic hydroxyl groups is 4. The number of amides is 1. The Morgan fingerprint density at radius 3 is 2.40 bits per heavy atom. The van der Waals surface area contributed by atoms with Crippen molar-refractivity contribution >= 4 is 12.1 Å². The monoisotopic (exact) mass is 678 g/mol. The van der Waals surface area contributed by atoms with Gasteiger partial charge in [-0.2, -0.15) is 0 Å². The maximum Gasteiger partial charge on any atom is 0.410 e. The van der Waals surface area contributed by atoms with Gasteiger partial charge in [0.1, 0.15) is 23.1 Å². The van der Waals surface area contributed by atoms with E-state index in [1.165, 1.54) is 0 Å². The molecule has 3 heterocycles. The van der Waals surface area contributed by atoms with Crippen LogP contribution in [-0.4, -0.2) is 116 Å². The van der Waals surface area contributed by atoms with E-state index in [9.17, 15) is 30.0 Å². The molecule has 0 spiro atoms. The van der Waals surface area contributed by atoms with E-state index in [2.05, 4.69) is 25.7 Å². The topological polar surface area (TPSA) is 153 Å². The minimum Gasteiger partial charge on any atom is -0.483 e. The van der Waals surface area contributed by atoms with Crippen molar-refractivity contribution in [2.45, 2.75) is 142 Å². The van der Waals surface area contributed by atoms with Crippen LogP contribution >= 0.6 is 0 Å². The van der Waals surface area contributed by atoms with Crippen molar-refractivity contribution in [2.24, 2.45) is 17.8 Å². The smallest absolute Gasteiger partial charge is 0.410 e. The van der Waals surface area contributed by atoms with Crippen molar-refractivity contribution in [3.8, 4) is 0 Å². The van der Waals surface area contributed by atoms with E-state index in [0.717, 1.165) is 13.1 Å². The Hall–Kier alpha value is -2.44. The standard InChI is InChI=1S/C37H62N2O9/c1-10-28(41)26(4)33-29(46-33)23-36(8,44)16-11-12-24(2)32-25(3)13-14-30(37(9,45)17-15-27(40)22-31(42)48-32)47-34(43)38-18-20-39(21-19-38)35(5,6)7/h11,13-14,16,23-28,30,32-33,40-41,44-45H,10,12,15,17-22H2,1-9H3/b14-13+,16-11+,29-23+. The van der Waals surface area contributed by atoms with E-state index in [4.69, 9.17) is 14.2 Å². The first-order chi connectivity index (χ1) is 22.2. The van der Waals surface area contributed by atoms with Gasteiger partial charge in [-0.3, -0.25) is 9.69 Å². The number of hydrogen-bond acceptors (Lipinski definition) is 10. The number of cyclic esters (lactones) is 1. The lowest BCUT2D eigenvalue weighted by molar-refractivity contribution is -0.156. The molecule has 4 N–H and O–H groups in total. The molecule has 2 saturated heterocycles. The van der Waals surface area contributed by atoms with Crippen LogP contribution in [0.15, 0.2) is 36.1 Å². The van der Waals surface area contributed by atoms with Crippen molar-refractivity contribution in [2.75, 3.05) is 26.2 Å². The number of carbonyl (C=O) groups excluding carboxylic acids is 2. The van der Waals surface area contributed by atoms with Crippen molar-refractivity contribution in [1.29, 1.82) is 0 Å². The van der Waals surface area contributed by atoms with Gasteiger partial charge in [0.15, 0.2) is 12.2 Å². The average molecular weight is 679 g/mol. The summed E-state index contributed by atoms with van der Waals surface area (Å²) in [6.07, 6.45) is 5.98. The molecule has 2 fully saturated rings. The third-order valence-electron chi connectivity index (χ3n) is 10.0. The molecule has 0 saturated carbocycles. The third kappa shape index (κ3) is 11.6. The summed E-state index contributed by atoms with van der Waals surface area (Å²) in [5, 5.41) is 43.2. The summed E-state index contributed by atoms with van der Waals surface area (Å²) in [6.45, 7) is 19.8. The Bertz CT molecular complexity index is 1170. The second-order valence-corrected chi connectivity index (χ2v) is 15.7. The number of carbonyl (C=O) groups is 2. The molecule has 10 atom stereocenters. The molecule has 0 aromatic carbocycles. The van der Waals surface area contributed by atoms with Gasteiger partial charge >= 0.3 is 12.1 Å². The van der Waals surface area contributed by atoms with E-state index in [1.807, 2.05) is 39.8 Å². The molecule has 1 amide bonds. The van der Waals surface area contributed by atoms with Crippen LogP contribution in [0.4, 0.5) is 4.79 Å². The van der Waals surface area contributed by atoms with Gasteiger partial charge in [-0.1, -0.05) is 45.9 Å². The van der Waals surface area contributed by atoms with E-state index >= 15 is 0 Å². The van der Waals surface area contributed by atoms with E-state index < -0.39 is 47.7 Å². The third-order valence-corrected chi connectivity index (χ3v) is 10.0. The fourth-order valence-corrected chi connectivity index (χ4v) is 6.50. The average Bonchev–Trinajstić information content (AvgIpc) is 3.76. The Labute approximate surface area is 287 Å². The predicted molar refractivity (Wildman–Crippen MR) is 184 cm³/mol. The number of piperazine rings is 1. The molecule has 11 nitrogen and oxygen atoms in total. The van der Waals surface area contributed by atoms with Gasteiger partial charge in [-0.05, 0) is 78.4 Å². The quantitative estimate of drug-likeness (QED) is 0.158. The summed E-state index contributed by atoms with van der Waals surface area (Å²) in [6, 6.07) is 0. The predicted octanol–water partition coefficient (Wildman–Crippen LogP) is 4.33. The van der Waals surface area contributed by atoms with Crippen LogP contribution in [0.1, 0.15) is 94.4 Å². The largest absolute Gasteiger partial charge is 0.483 e. The normalized spacial score (nSPS) is 34.2. The maximum atomic E-state index is 13.3. The summed E-state index contributed by atoms with van der Waals surface area (Å²) in [5.41, 5.74) is -2.76. The van der Waals surface area contributed by atoms with Crippen molar-refractivity contribution in [3.05, 3.63) is 36.1 Å². The van der Waals surface area contributed by atoms with Gasteiger partial charge < -0.3 is 39.5 Å². The molecule has 0 radical (unpaired) electrons. The fourth-order valence-electron chi connectivity index (χ4n) is 6.50. The van der Waals surface area contributed by atoms with Gasteiger partial charge in [0.05, 0.1) is 18.6 Å². The Morgan fingerprint density at radius 2 is 1.79 bits per heavy atom. The van der Waals surface area contributed by atoms with Crippen LogP contribution in [0.25, 0.3) is 0 Å². The number of nitrogens with zero attached hydrogens (tertiary/aromatic N) is 2. The summed E-state index contributed by atoms with van der Waals surface area (Å²) < 4.78 is 17.5. The molecule has 0 aromatic rings. The molecule has 48 heavy (non-hydrogen) atoms. The lowest BCUT2D eigenvalue weighted by atomic mass is 9.86. The molecule has 10 unspecified atom stereocenters. The minimum absolute atomic E-state index is 0.00229. The highest BCUT2D eigenvalue weighted by Crippen LogP contribution is 2.38. The van der Waals surface area contributed by atoms with Crippen LogP contribution in [0.5, 0.6) is 0 Å². The zero-order chi connectivity index (χ0) is 36.0. The van der Waals surface area contributed by atoms with Crippen molar-refractivity contribution < 1.29 is 44.2 Å². The number of epoxide rings is 1. The van der Waals surface area contributed by atoms with Crippen molar-refractivity contribution in [3.63, 3.8) is 0 Å². The number of ether oxygens (including phenoxy) is 3. The second-order valence-electron chi connectivity index (χ2n) is 15.7. The SMILES string of the molecule is CCC(O)C(C)C1O/C1=C/C(C)(O)/C=C/CC(C)C1OC(=O)CC(O)CCC(C)(O)C(OC(=O)N2CCN(C(C)(C)C)CC2)/C=C/C1C. The Kier molecular flexibility index (Phi) is 13.8. The summed E-state index contributed by atoms with van der Waals surface area (Å²) in [7, 11) is 0. The summed E-state index contributed by atoms with van der Waals surface area (Å²) in [5.74, 6) is -0.449. The summed E-state index contributed by atoms with van der Waals surface area (Å²) >= 11 is 0. The highest BCUT2D eigenvalue weighted by molar-refractivity contribution is 5.70. The fraction of sp³-hybridized carbons (Fsp3) is 0.784. The highest BCUT2D eigenvalue weighted by Gasteiger charge is 2.42. The molecular weight excluding hydrogens is 616 g/mol. The molecule has 3 aliphatic heterocycles. The number of allylic oxidation sites excluding steroid dienone is 1. The van der Waals surface area contributed by atoms with E-state index in [1.54, 1.807) is 37.0 Å². The number of aliphatic hydroxyl groups excluding tert-OH is 2. The number of esters is 1. The van der Waals surface area contributed by atoms with Gasteiger partial charge in [0.2, 0.25) is 0 Å². The molecule has 274 valence electrons. The molecule has 3 rings (SSSR count). The maximum absolute atomic E-state index is 13.3. The number of hydrogen-bond donors (Lipinski definition) is 4. The van der Waals surface area contributed by atoms with Gasteiger partial charge in [0.25, 0.3) is 0 Å². The zero-order valence-corrected chi connectivity index (χ0v) is 30.6. The van der Waals surface area contributed by atoms with Crippen LogP contribution < -0.4 is 0 Å². The van der Waals surface area contributed by atoms with Gasteiger partial charge in [-0.25, -0.2) is 4.79 Å². The first-order valence-corrected chi connectivity index (χ1v) is 17.7. The van der Waals surface area contributed by atoms with Crippen LogP contribution in [0.2, 0.25) is 0 Å². The first-order valence-electron chi connectivity index (χ1n) is 17.7. The van der Waals surface area contributed by atoms with Crippen LogP contribution in [0, 0.1) is 17.8 Å². The molecule has 11 heteroatoms. The lowest BCUT2D eigenvalue weighted by Gasteiger charge is -2.42. The minimum atomic E-state index is -1.48. The van der Waals surface area contributed by atoms with Crippen LogP contribution in [-0.2, 0) is 19.0 Å². The Balaban J connectivity index is 1.72. The van der Waals surface area contributed by atoms with Crippen LogP contribution in [0.3, 0.4) is 0 Å². The highest BCUT2D eigenvalue weighted by atomic mass is 16.6. The van der Waals surface area contributed by atoms with E-state index in [-0.39, 0.29) is 48.7 Å². The molecule has 0 bridgehead atoms. The molecule has 3 aliphatic rings. The van der Waals surface area contributed by atoms with Crippen molar-refractivity contribution in [1.82, 2.24) is 9.80 Å². The molecule has 0 aromatic heterocycles. The Morgan fingerprint density at radius 1 is 1.15 bits per heavy atom. The van der Waals surface area contributed by atoms with Gasteiger partial charge in [-0.15, -0.1) is 0 Å². The molecule has 0 aliphatic carbocycles. The number of rotatable bonds is 9. The second kappa shape index (κ2) is 16.5. The molecular formula is C37H62N2O9. The zero-order valence-electron chi connectivity index (χ0n) is 30.6. The van der Waals surface area contributed by atoms with E-state index in [0.29, 0.717) is 31.7 Å². The first kappa shape index (κ1) is 40.0.